The fourth-order valence-corrected chi connectivity index (χ4v) is 6.17. The number of anilines is 1. The molecule has 5 rings (SSSR count). The van der Waals surface area contributed by atoms with Gasteiger partial charge in [0, 0.05) is 47.4 Å². The average Bonchev–Trinajstić information content (AvgIpc) is 3.64. The minimum absolute atomic E-state index is 0.0585. The summed E-state index contributed by atoms with van der Waals surface area (Å²) in [5.74, 6) is -3.46. The van der Waals surface area contributed by atoms with Crippen LogP contribution >= 0.6 is 0 Å². The van der Waals surface area contributed by atoms with Crippen molar-refractivity contribution in [3.63, 3.8) is 0 Å². The lowest BCUT2D eigenvalue weighted by Gasteiger charge is -2.37. The number of esters is 1. The van der Waals surface area contributed by atoms with Gasteiger partial charge < -0.3 is 30.5 Å². The molecule has 1 aliphatic rings. The van der Waals surface area contributed by atoms with Crippen molar-refractivity contribution in [3.05, 3.63) is 78.1 Å². The van der Waals surface area contributed by atoms with Crippen LogP contribution in [-0.2, 0) is 30.5 Å². The van der Waals surface area contributed by atoms with Gasteiger partial charge in [-0.2, -0.15) is 4.98 Å². The highest BCUT2D eigenvalue weighted by Gasteiger charge is 2.50. The number of hydrogen-bond donors (Lipinski definition) is 4. The van der Waals surface area contributed by atoms with Crippen LogP contribution in [0.3, 0.4) is 0 Å². The molecular formula is C40H46FN5O8. The Kier molecular flexibility index (Phi) is 12.6. The third-order valence-electron chi connectivity index (χ3n) is 9.70. The quantitative estimate of drug-likeness (QED) is 0.0590. The third-order valence-corrected chi connectivity index (χ3v) is 9.70. The van der Waals surface area contributed by atoms with Crippen LogP contribution in [0.4, 0.5) is 10.1 Å². The smallest absolute Gasteiger partial charge is 0.326 e. The van der Waals surface area contributed by atoms with Gasteiger partial charge in [0.1, 0.15) is 11.9 Å². The van der Waals surface area contributed by atoms with E-state index in [4.69, 9.17) is 15.0 Å². The van der Waals surface area contributed by atoms with Crippen molar-refractivity contribution in [2.75, 3.05) is 31.6 Å². The highest BCUT2D eigenvalue weighted by molar-refractivity contribution is 6.00. The summed E-state index contributed by atoms with van der Waals surface area (Å²) in [6.07, 6.45) is 1.92. The van der Waals surface area contributed by atoms with Gasteiger partial charge in [-0.05, 0) is 74.0 Å². The number of carbonyl (C=O) groups excluding carboxylic acids is 2. The van der Waals surface area contributed by atoms with Gasteiger partial charge in [-0.1, -0.05) is 68.4 Å². The zero-order valence-corrected chi connectivity index (χ0v) is 30.6. The Morgan fingerprint density at radius 2 is 1.69 bits per heavy atom. The van der Waals surface area contributed by atoms with Crippen molar-refractivity contribution < 1.29 is 43.0 Å². The van der Waals surface area contributed by atoms with Crippen molar-refractivity contribution >= 4 is 29.4 Å². The van der Waals surface area contributed by atoms with Crippen LogP contribution in [-0.4, -0.2) is 81.2 Å². The molecule has 0 unspecified atom stereocenters. The van der Waals surface area contributed by atoms with Crippen LogP contribution in [0.25, 0.3) is 34.0 Å². The Balaban J connectivity index is 1.19. The SMILES string of the molecule is CC(C)(C)C(=O)COC(=O)C1(C(=O)O)CCN(Cc2ccc(-c3noc(-c4ccc(-c5cccc(N[C@@H](CCCCN)C(=O)O)c5)c(F)c4)n3)cc2)CC1. The number of likely N-dealkylation sites (tertiary alicyclic amines) is 1. The Morgan fingerprint density at radius 3 is 2.31 bits per heavy atom. The molecule has 1 fully saturated rings. The van der Waals surface area contributed by atoms with Gasteiger partial charge in [0.05, 0.1) is 0 Å². The molecule has 0 amide bonds. The maximum absolute atomic E-state index is 15.5. The maximum Gasteiger partial charge on any atom is 0.326 e. The lowest BCUT2D eigenvalue weighted by Crippen LogP contribution is -2.50. The molecule has 1 aliphatic heterocycles. The number of carboxylic acids is 2. The zero-order chi connectivity index (χ0) is 39.0. The van der Waals surface area contributed by atoms with E-state index in [0.29, 0.717) is 72.8 Å². The summed E-state index contributed by atoms with van der Waals surface area (Å²) in [4.78, 5) is 55.6. The number of unbranched alkanes of at least 4 members (excludes halogenated alkanes) is 1. The van der Waals surface area contributed by atoms with Gasteiger partial charge in [0.15, 0.2) is 17.8 Å². The number of aliphatic carboxylic acids is 2. The molecule has 5 N–H and O–H groups in total. The van der Waals surface area contributed by atoms with Gasteiger partial charge >= 0.3 is 17.9 Å². The van der Waals surface area contributed by atoms with Crippen LogP contribution < -0.4 is 11.1 Å². The largest absolute Gasteiger partial charge is 0.480 e. The number of hydrogen-bond acceptors (Lipinski definition) is 11. The Hall–Kier alpha value is -5.47. The lowest BCUT2D eigenvalue weighted by molar-refractivity contribution is -0.174. The minimum Gasteiger partial charge on any atom is -0.480 e. The number of ether oxygens (including phenoxy) is 1. The fourth-order valence-electron chi connectivity index (χ4n) is 6.17. The van der Waals surface area contributed by atoms with E-state index in [9.17, 15) is 29.4 Å². The van der Waals surface area contributed by atoms with Crippen molar-refractivity contribution in [1.82, 2.24) is 15.0 Å². The van der Waals surface area contributed by atoms with E-state index in [-0.39, 0.29) is 24.5 Å². The molecule has 0 bridgehead atoms. The van der Waals surface area contributed by atoms with Gasteiger partial charge in [0.25, 0.3) is 5.89 Å². The van der Waals surface area contributed by atoms with Gasteiger partial charge in [-0.25, -0.2) is 9.18 Å². The van der Waals surface area contributed by atoms with Crippen molar-refractivity contribution in [2.24, 2.45) is 16.6 Å². The predicted octanol–water partition coefficient (Wildman–Crippen LogP) is 6.03. The molecule has 1 atom stereocenters. The Labute approximate surface area is 312 Å². The highest BCUT2D eigenvalue weighted by Crippen LogP contribution is 2.35. The molecule has 0 radical (unpaired) electrons. The maximum atomic E-state index is 15.5. The second kappa shape index (κ2) is 17.1. The van der Waals surface area contributed by atoms with Gasteiger partial charge in [-0.15, -0.1) is 0 Å². The molecule has 1 saturated heterocycles. The van der Waals surface area contributed by atoms with Crippen LogP contribution in [0.1, 0.15) is 58.4 Å². The third kappa shape index (κ3) is 9.54. The summed E-state index contributed by atoms with van der Waals surface area (Å²) in [6, 6.07) is 18.2. The number of aromatic nitrogens is 2. The molecule has 14 heteroatoms. The lowest BCUT2D eigenvalue weighted by atomic mass is 9.78. The van der Waals surface area contributed by atoms with E-state index in [0.717, 1.165) is 12.0 Å². The predicted molar refractivity (Wildman–Crippen MR) is 199 cm³/mol. The molecule has 286 valence electrons. The molecule has 13 nitrogen and oxygen atoms in total. The summed E-state index contributed by atoms with van der Waals surface area (Å²) in [6.45, 7) is 6.38. The van der Waals surface area contributed by atoms with Gasteiger partial charge in [-0.3, -0.25) is 19.3 Å². The zero-order valence-electron chi connectivity index (χ0n) is 30.6. The number of nitrogens with zero attached hydrogens (tertiary/aromatic N) is 3. The first-order valence-corrected chi connectivity index (χ1v) is 17.9. The number of piperidine rings is 1. The molecule has 0 aliphatic carbocycles. The van der Waals surface area contributed by atoms with E-state index >= 15 is 4.39 Å². The number of carbonyl (C=O) groups is 4. The van der Waals surface area contributed by atoms with E-state index < -0.39 is 47.2 Å². The molecular weight excluding hydrogens is 697 g/mol. The normalized spacial score (nSPS) is 15.0. The van der Waals surface area contributed by atoms with Crippen LogP contribution in [0.5, 0.6) is 0 Å². The molecule has 3 aromatic carbocycles. The summed E-state index contributed by atoms with van der Waals surface area (Å²) in [5.41, 5.74) is 6.60. The highest BCUT2D eigenvalue weighted by atomic mass is 19.1. The van der Waals surface area contributed by atoms with Crippen LogP contribution in [0.2, 0.25) is 0 Å². The number of nitrogens with one attached hydrogen (secondary N) is 1. The second-order valence-electron chi connectivity index (χ2n) is 14.6. The first-order chi connectivity index (χ1) is 25.7. The summed E-state index contributed by atoms with van der Waals surface area (Å²) >= 11 is 0. The number of ketones is 1. The molecule has 54 heavy (non-hydrogen) atoms. The molecule has 0 spiro atoms. The summed E-state index contributed by atoms with van der Waals surface area (Å²) < 4.78 is 26.1. The second-order valence-corrected chi connectivity index (χ2v) is 14.6. The summed E-state index contributed by atoms with van der Waals surface area (Å²) in [7, 11) is 0. The first kappa shape index (κ1) is 39.7. The Morgan fingerprint density at radius 1 is 0.981 bits per heavy atom. The van der Waals surface area contributed by atoms with Gasteiger partial charge in [0.2, 0.25) is 5.82 Å². The van der Waals surface area contributed by atoms with Crippen molar-refractivity contribution in [3.8, 4) is 34.0 Å². The topological polar surface area (TPSA) is 198 Å². The van der Waals surface area contributed by atoms with Crippen LogP contribution in [0, 0.1) is 16.6 Å². The number of nitrogens with two attached hydrogens (primary N) is 1. The average molecular weight is 744 g/mol. The number of rotatable bonds is 16. The Bertz CT molecular complexity index is 1970. The van der Waals surface area contributed by atoms with E-state index in [1.165, 1.54) is 6.07 Å². The molecule has 4 aromatic rings. The minimum atomic E-state index is -1.70. The van der Waals surface area contributed by atoms with Crippen LogP contribution in [0.15, 0.2) is 71.3 Å². The van der Waals surface area contributed by atoms with Crippen molar-refractivity contribution in [2.45, 2.75) is 65.5 Å². The molecule has 2 heterocycles. The number of halogens is 1. The molecule has 1 aromatic heterocycles. The van der Waals surface area contributed by atoms with E-state index in [1.807, 2.05) is 24.3 Å². The van der Waals surface area contributed by atoms with Crippen molar-refractivity contribution in [1.29, 1.82) is 0 Å². The first-order valence-electron chi connectivity index (χ1n) is 17.9. The fraction of sp³-hybridized carbons (Fsp3) is 0.400. The molecule has 0 saturated carbocycles. The number of carboxylic acid groups (broad SMARTS) is 2. The summed E-state index contributed by atoms with van der Waals surface area (Å²) in [5, 5.41) is 26.7. The number of benzene rings is 3. The van der Waals surface area contributed by atoms with E-state index in [2.05, 4.69) is 20.4 Å². The van der Waals surface area contributed by atoms with E-state index in [1.54, 1.807) is 57.2 Å². The standard InChI is InChI=1S/C40H46FN5O8/c1-39(2,3)33(47)24-53-38(52)40(37(50)51)16-19-46(20-17-40)23-25-10-12-26(13-11-25)34-44-35(54-45-34)28-14-15-30(31(41)22-28)27-7-6-8-29(21-27)43-32(36(48)49)9-4-5-18-42/h6-8,10-15,21-22,32,43H,4-5,9,16-20,23-24,42H2,1-3H3,(H,48,49)(H,50,51)/t32-/m0/s1. The number of Topliss-reactive ketones (excluding diaryl/α,β-unsaturated/α-hetero) is 1. The monoisotopic (exact) mass is 743 g/mol.